The number of amides is 1. The van der Waals surface area contributed by atoms with Gasteiger partial charge in [-0.25, -0.2) is 9.37 Å². The minimum absolute atomic E-state index is 0.0557. The zero-order chi connectivity index (χ0) is 13.7. The number of nitrogens with zero attached hydrogens (tertiary/aromatic N) is 1. The van der Waals surface area contributed by atoms with Crippen LogP contribution < -0.4 is 5.32 Å². The third-order valence-corrected chi connectivity index (χ3v) is 3.58. The van der Waals surface area contributed by atoms with Gasteiger partial charge in [0.05, 0.1) is 11.4 Å². The van der Waals surface area contributed by atoms with Crippen molar-refractivity contribution in [2.45, 2.75) is 19.8 Å². The maximum absolute atomic E-state index is 12.7. The molecule has 0 saturated carbocycles. The Morgan fingerprint density at radius 3 is 2.74 bits per heavy atom. The molecule has 0 bridgehead atoms. The van der Waals surface area contributed by atoms with Crippen LogP contribution in [0.3, 0.4) is 0 Å². The summed E-state index contributed by atoms with van der Waals surface area (Å²) in [4.78, 5) is 17.1. The second-order valence-corrected chi connectivity index (χ2v) is 5.59. The summed E-state index contributed by atoms with van der Waals surface area (Å²) >= 11 is 1.64. The van der Waals surface area contributed by atoms with Crippen LogP contribution in [0, 0.1) is 12.7 Å². The molecule has 19 heavy (non-hydrogen) atoms. The van der Waals surface area contributed by atoms with Crippen molar-refractivity contribution in [3.8, 4) is 0 Å². The fourth-order valence-corrected chi connectivity index (χ4v) is 2.46. The van der Waals surface area contributed by atoms with Crippen LogP contribution in [0.5, 0.6) is 0 Å². The van der Waals surface area contributed by atoms with Crippen LogP contribution in [0.25, 0.3) is 0 Å². The zero-order valence-electron chi connectivity index (χ0n) is 10.6. The van der Waals surface area contributed by atoms with Gasteiger partial charge in [-0.15, -0.1) is 11.3 Å². The van der Waals surface area contributed by atoms with Crippen LogP contribution in [0.2, 0.25) is 0 Å². The topological polar surface area (TPSA) is 42.0 Å². The average molecular weight is 278 g/mol. The van der Waals surface area contributed by atoms with Crippen LogP contribution in [-0.4, -0.2) is 17.4 Å². The summed E-state index contributed by atoms with van der Waals surface area (Å²) in [6.07, 6.45) is 2.85. The van der Waals surface area contributed by atoms with E-state index in [1.54, 1.807) is 23.5 Å². The molecule has 5 heteroatoms. The van der Waals surface area contributed by atoms with Crippen molar-refractivity contribution in [2.24, 2.45) is 0 Å². The number of aromatic nitrogens is 1. The molecule has 0 spiro atoms. The highest BCUT2D eigenvalue weighted by atomic mass is 32.1. The van der Waals surface area contributed by atoms with Crippen LogP contribution in [-0.2, 0) is 17.6 Å². The molecular weight excluding hydrogens is 263 g/mol. The maximum Gasteiger partial charge on any atom is 0.224 e. The number of carbonyl (C=O) groups excluding carboxylic acids is 1. The molecular formula is C14H15FN2OS. The highest BCUT2D eigenvalue weighted by Gasteiger charge is 2.04. The first-order chi connectivity index (χ1) is 9.13. The lowest BCUT2D eigenvalue weighted by atomic mass is 10.1. The van der Waals surface area contributed by atoms with E-state index >= 15 is 0 Å². The molecule has 0 atom stereocenters. The first kappa shape index (κ1) is 13.7. The predicted octanol–water partition coefficient (Wildman–Crippen LogP) is 2.49. The normalized spacial score (nSPS) is 10.4. The highest BCUT2D eigenvalue weighted by Crippen LogP contribution is 2.11. The molecule has 0 aliphatic heterocycles. The molecule has 1 N–H and O–H groups in total. The Balaban J connectivity index is 1.74. The lowest BCUT2D eigenvalue weighted by Gasteiger charge is -2.04. The summed E-state index contributed by atoms with van der Waals surface area (Å²) in [6.45, 7) is 2.58. The summed E-state index contributed by atoms with van der Waals surface area (Å²) in [5.41, 5.74) is 0.809. The summed E-state index contributed by atoms with van der Waals surface area (Å²) in [7, 11) is 0. The first-order valence-electron chi connectivity index (χ1n) is 6.06. The molecule has 1 aromatic heterocycles. The number of carbonyl (C=O) groups is 1. The van der Waals surface area contributed by atoms with Crippen molar-refractivity contribution in [2.75, 3.05) is 6.54 Å². The second kappa shape index (κ2) is 6.43. The number of nitrogens with one attached hydrogen (secondary N) is 1. The van der Waals surface area contributed by atoms with E-state index < -0.39 is 0 Å². The molecule has 0 unspecified atom stereocenters. The Kier molecular flexibility index (Phi) is 4.63. The molecule has 1 amide bonds. The van der Waals surface area contributed by atoms with E-state index in [0.29, 0.717) is 6.54 Å². The van der Waals surface area contributed by atoms with E-state index in [-0.39, 0.29) is 18.1 Å². The minimum atomic E-state index is -0.289. The number of thiazole rings is 1. The van der Waals surface area contributed by atoms with E-state index in [9.17, 15) is 9.18 Å². The highest BCUT2D eigenvalue weighted by molar-refractivity contribution is 7.11. The Bertz CT molecular complexity index is 551. The van der Waals surface area contributed by atoms with Gasteiger partial charge in [0.2, 0.25) is 5.91 Å². The number of hydrogen-bond donors (Lipinski definition) is 1. The Morgan fingerprint density at radius 2 is 2.11 bits per heavy atom. The van der Waals surface area contributed by atoms with Crippen molar-refractivity contribution in [1.29, 1.82) is 0 Å². The van der Waals surface area contributed by atoms with E-state index in [0.717, 1.165) is 17.0 Å². The molecule has 0 aliphatic rings. The summed E-state index contributed by atoms with van der Waals surface area (Å²) < 4.78 is 12.7. The van der Waals surface area contributed by atoms with Gasteiger partial charge in [-0.05, 0) is 24.6 Å². The number of benzene rings is 1. The van der Waals surface area contributed by atoms with Gasteiger partial charge < -0.3 is 5.32 Å². The smallest absolute Gasteiger partial charge is 0.224 e. The average Bonchev–Trinajstić information content (AvgIpc) is 2.78. The van der Waals surface area contributed by atoms with Gasteiger partial charge in [0.25, 0.3) is 0 Å². The van der Waals surface area contributed by atoms with Gasteiger partial charge in [0.1, 0.15) is 5.82 Å². The number of hydrogen-bond acceptors (Lipinski definition) is 3. The van der Waals surface area contributed by atoms with Crippen molar-refractivity contribution in [3.05, 3.63) is 51.7 Å². The second-order valence-electron chi connectivity index (χ2n) is 4.27. The molecule has 100 valence electrons. The largest absolute Gasteiger partial charge is 0.355 e. The molecule has 2 rings (SSSR count). The summed E-state index contributed by atoms with van der Waals surface area (Å²) in [5, 5.41) is 3.86. The van der Waals surface area contributed by atoms with Crippen LogP contribution in [0.4, 0.5) is 4.39 Å². The Labute approximate surface area is 115 Å². The first-order valence-corrected chi connectivity index (χ1v) is 6.87. The van der Waals surface area contributed by atoms with Gasteiger partial charge in [-0.1, -0.05) is 12.1 Å². The van der Waals surface area contributed by atoms with E-state index in [4.69, 9.17) is 0 Å². The molecule has 1 heterocycles. The Morgan fingerprint density at radius 1 is 1.37 bits per heavy atom. The van der Waals surface area contributed by atoms with Gasteiger partial charge in [0.15, 0.2) is 0 Å². The minimum Gasteiger partial charge on any atom is -0.355 e. The van der Waals surface area contributed by atoms with Gasteiger partial charge in [-0.2, -0.15) is 0 Å². The maximum atomic E-state index is 12.7. The van der Waals surface area contributed by atoms with Gasteiger partial charge in [-0.3, -0.25) is 4.79 Å². The SMILES string of the molecule is Cc1cnc(CCNC(=O)Cc2ccc(F)cc2)s1. The number of halogens is 1. The quantitative estimate of drug-likeness (QED) is 0.913. The van der Waals surface area contributed by atoms with Crippen molar-refractivity contribution >= 4 is 17.2 Å². The fraction of sp³-hybridized carbons (Fsp3) is 0.286. The third-order valence-electron chi connectivity index (χ3n) is 2.61. The van der Waals surface area contributed by atoms with Gasteiger partial charge in [0, 0.05) is 24.0 Å². The summed E-state index contributed by atoms with van der Waals surface area (Å²) in [6, 6.07) is 5.97. The van der Waals surface area contributed by atoms with E-state index in [1.807, 2.05) is 13.1 Å². The third kappa shape index (κ3) is 4.44. The number of aryl methyl sites for hydroxylation is 1. The molecule has 0 saturated heterocycles. The molecule has 0 radical (unpaired) electrons. The van der Waals surface area contributed by atoms with Crippen molar-refractivity contribution < 1.29 is 9.18 Å². The lowest BCUT2D eigenvalue weighted by Crippen LogP contribution is -2.27. The molecule has 3 nitrogen and oxygen atoms in total. The monoisotopic (exact) mass is 278 g/mol. The Hall–Kier alpha value is -1.75. The van der Waals surface area contributed by atoms with Crippen molar-refractivity contribution in [1.82, 2.24) is 10.3 Å². The van der Waals surface area contributed by atoms with Crippen LogP contribution in [0.1, 0.15) is 15.4 Å². The van der Waals surface area contributed by atoms with Crippen LogP contribution >= 0.6 is 11.3 Å². The molecule has 1 aromatic carbocycles. The van der Waals surface area contributed by atoms with E-state index in [2.05, 4.69) is 10.3 Å². The molecule has 0 fully saturated rings. The fourth-order valence-electron chi connectivity index (χ4n) is 1.68. The lowest BCUT2D eigenvalue weighted by molar-refractivity contribution is -0.120. The van der Waals surface area contributed by atoms with Gasteiger partial charge >= 0.3 is 0 Å². The predicted molar refractivity (Wildman–Crippen MR) is 73.7 cm³/mol. The standard InChI is InChI=1S/C14H15FN2OS/c1-10-9-17-14(19-10)6-7-16-13(18)8-11-2-4-12(15)5-3-11/h2-5,9H,6-8H2,1H3,(H,16,18). The summed E-state index contributed by atoms with van der Waals surface area (Å²) in [5.74, 6) is -0.344. The van der Waals surface area contributed by atoms with E-state index in [1.165, 1.54) is 17.0 Å². The molecule has 0 aliphatic carbocycles. The van der Waals surface area contributed by atoms with Crippen LogP contribution in [0.15, 0.2) is 30.5 Å². The molecule has 2 aromatic rings. The van der Waals surface area contributed by atoms with Crippen molar-refractivity contribution in [3.63, 3.8) is 0 Å². The zero-order valence-corrected chi connectivity index (χ0v) is 11.5. The number of rotatable bonds is 5.